The molecule has 7 aromatic rings. The van der Waals surface area contributed by atoms with Gasteiger partial charge >= 0.3 is 12.1 Å². The van der Waals surface area contributed by atoms with Gasteiger partial charge in [0, 0.05) is 115 Å². The number of hydrogen-bond donors (Lipinski definition) is 4. The van der Waals surface area contributed by atoms with E-state index in [1.807, 2.05) is 154 Å². The Labute approximate surface area is 497 Å². The van der Waals surface area contributed by atoms with Crippen molar-refractivity contribution in [2.45, 2.75) is 71.7 Å². The highest BCUT2D eigenvalue weighted by molar-refractivity contribution is 5.94. The standard InChI is InChI=1S/C30H35N5O4.C25H32N6O3.C8H15NO3/c1-20-6-10-24(11-7-20)38-25-14-16-31-28-26(25)27(33-35(28)18-21-8-12-23(37-5)13-9-21)32-22-15-17-34(19-22)29(36)39-30(2,3)4;1-18-6-8-20(9-7-18)34-21-10-12-26-24-23(21)25(29-28-24)27-19-11-14-31(17-19)22(32)5-4-13-30(2)15-16-33-3;1-9(6-7-12-2)5-3-4-8(10)11/h6-14,16,22H,15,17-19H2,1-5H3,(H,32,33);4-10,12,19H,11,13-17H2,1-3H3,(H2,26,27,28,29);3-4H,5-7H2,1-2H3,(H,10,11)/b;5-4+;4-3+/t22-;19-;/m11./s1. The number of aryl methyl sites for hydroxylation is 2. The molecule has 2 fully saturated rings. The summed E-state index contributed by atoms with van der Waals surface area (Å²) in [5, 5.41) is 29.2. The van der Waals surface area contributed by atoms with Crippen molar-refractivity contribution < 1.29 is 47.9 Å². The van der Waals surface area contributed by atoms with Crippen LogP contribution in [0.5, 0.6) is 28.7 Å². The molecule has 2 amide bonds. The molecule has 9 rings (SSSR count). The number of pyridine rings is 2. The summed E-state index contributed by atoms with van der Waals surface area (Å²) < 4.78 is 35.1. The number of rotatable bonds is 23. The molecule has 4 N–H and O–H groups in total. The van der Waals surface area contributed by atoms with Gasteiger partial charge in [0.15, 0.2) is 22.9 Å². The highest BCUT2D eigenvalue weighted by Crippen LogP contribution is 2.37. The molecule has 6 heterocycles. The van der Waals surface area contributed by atoms with E-state index in [9.17, 15) is 14.4 Å². The van der Waals surface area contributed by atoms with Gasteiger partial charge < -0.3 is 63.8 Å². The molecular weight excluding hydrogens is 1080 g/mol. The van der Waals surface area contributed by atoms with Crippen molar-refractivity contribution in [2.75, 3.05) is 112 Å². The lowest BCUT2D eigenvalue weighted by molar-refractivity contribution is -0.131. The van der Waals surface area contributed by atoms with Crippen molar-refractivity contribution in [2.24, 2.45) is 0 Å². The Bertz CT molecular complexity index is 3310. The number of likely N-dealkylation sites (tertiary alicyclic amines) is 2. The Morgan fingerprint density at radius 2 is 1.22 bits per heavy atom. The number of nitrogens with zero attached hydrogens (tertiary/aromatic N) is 9. The molecule has 2 atom stereocenters. The SMILES string of the molecule is COCCN(C)C/C=C/C(=O)N1CC[C@@H](Nc2n[nH]c3nccc(Oc4ccc(C)cc4)c23)C1.COCCN(C)C/C=C/C(=O)O.COc1ccc(Cn2nc(N[C@@H]3CCN(C(=O)OC(C)(C)C)C3)c3c(Oc4ccc(C)cc4)ccnc32)cc1. The number of hydrogen-bond acceptors (Lipinski definition) is 17. The van der Waals surface area contributed by atoms with E-state index in [0.29, 0.717) is 93.5 Å². The second-order valence-electron chi connectivity index (χ2n) is 21.9. The van der Waals surface area contributed by atoms with Gasteiger partial charge in [0.25, 0.3) is 0 Å². The minimum atomic E-state index is -0.907. The van der Waals surface area contributed by atoms with Crippen LogP contribution >= 0.6 is 0 Å². The maximum absolute atomic E-state index is 12.6. The maximum atomic E-state index is 12.6. The van der Waals surface area contributed by atoms with E-state index >= 15 is 0 Å². The molecule has 4 aromatic heterocycles. The van der Waals surface area contributed by atoms with Crippen molar-refractivity contribution >= 4 is 51.7 Å². The molecule has 2 aliphatic heterocycles. The first kappa shape index (κ1) is 64.0. The predicted octanol–water partition coefficient (Wildman–Crippen LogP) is 9.42. The molecular formula is C63H82N12O10. The molecule has 0 radical (unpaired) electrons. The Morgan fingerprint density at radius 3 is 1.79 bits per heavy atom. The van der Waals surface area contributed by atoms with Crippen LogP contribution in [0.15, 0.2) is 122 Å². The monoisotopic (exact) mass is 1170 g/mol. The fourth-order valence-electron chi connectivity index (χ4n) is 9.13. The van der Waals surface area contributed by atoms with Crippen LogP contribution in [0, 0.1) is 13.8 Å². The largest absolute Gasteiger partial charge is 0.497 e. The Hall–Kier alpha value is -8.57. The number of likely N-dealkylation sites (N-methyl/N-ethyl adjacent to an activating group) is 2. The van der Waals surface area contributed by atoms with Crippen molar-refractivity contribution in [3.8, 4) is 28.7 Å². The number of ether oxygens (including phenoxy) is 6. The topological polar surface area (TPSA) is 236 Å². The summed E-state index contributed by atoms with van der Waals surface area (Å²) in [6.07, 6.45) is 11.1. The van der Waals surface area contributed by atoms with E-state index in [1.165, 1.54) is 5.56 Å². The van der Waals surface area contributed by atoms with Gasteiger partial charge in [-0.2, -0.15) is 10.2 Å². The summed E-state index contributed by atoms with van der Waals surface area (Å²) in [6.45, 7) is 17.0. The van der Waals surface area contributed by atoms with E-state index in [0.717, 1.165) is 71.2 Å². The van der Waals surface area contributed by atoms with Crippen LogP contribution in [0.1, 0.15) is 50.3 Å². The summed E-state index contributed by atoms with van der Waals surface area (Å²) in [4.78, 5) is 52.0. The van der Waals surface area contributed by atoms with E-state index in [4.69, 9.17) is 38.6 Å². The fourth-order valence-corrected chi connectivity index (χ4v) is 9.13. The van der Waals surface area contributed by atoms with Crippen molar-refractivity contribution in [1.29, 1.82) is 0 Å². The minimum absolute atomic E-state index is 0.0116. The number of carboxylic acids is 1. The molecule has 454 valence electrons. The smallest absolute Gasteiger partial charge is 0.410 e. The molecule has 0 spiro atoms. The van der Waals surface area contributed by atoms with Crippen LogP contribution < -0.4 is 24.8 Å². The number of anilines is 2. The average Bonchev–Trinajstić information content (AvgIpc) is 2.42. The number of methoxy groups -OCH3 is 3. The second-order valence-corrected chi connectivity index (χ2v) is 21.9. The Morgan fingerprint density at radius 1 is 0.694 bits per heavy atom. The number of nitrogens with one attached hydrogen (secondary N) is 3. The average molecular weight is 1170 g/mol. The van der Waals surface area contributed by atoms with E-state index < -0.39 is 11.6 Å². The third-order valence-electron chi connectivity index (χ3n) is 13.7. The minimum Gasteiger partial charge on any atom is -0.497 e. The Balaban J connectivity index is 0.000000206. The van der Waals surface area contributed by atoms with Crippen LogP contribution in [0.3, 0.4) is 0 Å². The number of amides is 2. The van der Waals surface area contributed by atoms with Crippen molar-refractivity contribution in [3.63, 3.8) is 0 Å². The van der Waals surface area contributed by atoms with Gasteiger partial charge in [-0.1, -0.05) is 59.7 Å². The summed E-state index contributed by atoms with van der Waals surface area (Å²) in [6, 6.07) is 27.5. The zero-order chi connectivity index (χ0) is 60.9. The molecule has 0 bridgehead atoms. The van der Waals surface area contributed by atoms with E-state index in [1.54, 1.807) is 50.8 Å². The number of benzene rings is 3. The summed E-state index contributed by atoms with van der Waals surface area (Å²) >= 11 is 0. The number of aliphatic carboxylic acids is 1. The third kappa shape index (κ3) is 19.8. The molecule has 3 aromatic carbocycles. The number of aromatic amines is 1. The van der Waals surface area contributed by atoms with E-state index in [-0.39, 0.29) is 24.1 Å². The lowest BCUT2D eigenvalue weighted by Gasteiger charge is -2.24. The molecule has 2 saturated heterocycles. The second kappa shape index (κ2) is 31.4. The summed E-state index contributed by atoms with van der Waals surface area (Å²) in [5.41, 5.74) is 4.22. The van der Waals surface area contributed by atoms with Gasteiger partial charge in [0.2, 0.25) is 5.91 Å². The predicted molar refractivity (Wildman–Crippen MR) is 329 cm³/mol. The highest BCUT2D eigenvalue weighted by Gasteiger charge is 2.32. The van der Waals surface area contributed by atoms with Crippen LogP contribution in [-0.4, -0.2) is 191 Å². The first-order valence-corrected chi connectivity index (χ1v) is 28.4. The first-order chi connectivity index (χ1) is 40.9. The van der Waals surface area contributed by atoms with Gasteiger partial charge in [-0.25, -0.2) is 24.2 Å². The van der Waals surface area contributed by atoms with Crippen LogP contribution in [0.25, 0.3) is 22.1 Å². The molecule has 22 nitrogen and oxygen atoms in total. The lowest BCUT2D eigenvalue weighted by atomic mass is 10.2. The summed E-state index contributed by atoms with van der Waals surface area (Å²) in [5.74, 6) is 4.10. The number of H-pyrrole nitrogens is 1. The number of carbonyl (C=O) groups excluding carboxylic acids is 2. The van der Waals surface area contributed by atoms with Gasteiger partial charge in [-0.05, 0) is 104 Å². The maximum Gasteiger partial charge on any atom is 0.410 e. The number of fused-ring (bicyclic) bond motifs is 2. The van der Waals surface area contributed by atoms with Crippen molar-refractivity contribution in [3.05, 3.63) is 138 Å². The molecule has 22 heteroatoms. The Kier molecular flexibility index (Phi) is 23.6. The quantitative estimate of drug-likeness (QED) is 0.0436. The van der Waals surface area contributed by atoms with Gasteiger partial charge in [0.1, 0.15) is 45.1 Å². The number of carboxylic acid groups (broad SMARTS) is 1. The molecule has 0 aliphatic carbocycles. The van der Waals surface area contributed by atoms with Crippen LogP contribution in [0.4, 0.5) is 16.4 Å². The van der Waals surface area contributed by atoms with Gasteiger partial charge in [-0.15, -0.1) is 0 Å². The number of aromatic nitrogens is 6. The van der Waals surface area contributed by atoms with Gasteiger partial charge in [0.05, 0.1) is 26.9 Å². The number of carbonyl (C=O) groups is 3. The van der Waals surface area contributed by atoms with Crippen molar-refractivity contribution in [1.82, 2.24) is 49.5 Å². The first-order valence-electron chi connectivity index (χ1n) is 28.4. The zero-order valence-electron chi connectivity index (χ0n) is 50.5. The molecule has 0 unspecified atom stereocenters. The third-order valence-corrected chi connectivity index (χ3v) is 13.7. The van der Waals surface area contributed by atoms with Gasteiger partial charge in [-0.3, -0.25) is 9.89 Å². The highest BCUT2D eigenvalue weighted by atomic mass is 16.6. The van der Waals surface area contributed by atoms with Crippen LogP contribution in [-0.2, 0) is 30.3 Å². The molecule has 85 heavy (non-hydrogen) atoms. The van der Waals surface area contributed by atoms with Crippen LogP contribution in [0.2, 0.25) is 0 Å². The normalized spacial score (nSPS) is 15.1. The van der Waals surface area contributed by atoms with E-state index in [2.05, 4.69) is 35.7 Å². The fraction of sp³-hybridized carbons (Fsp3) is 0.413. The lowest BCUT2D eigenvalue weighted by Crippen LogP contribution is -2.36. The zero-order valence-corrected chi connectivity index (χ0v) is 50.5. The molecule has 2 aliphatic rings. The summed E-state index contributed by atoms with van der Waals surface area (Å²) in [7, 11) is 8.89. The molecule has 0 saturated carbocycles.